The summed E-state index contributed by atoms with van der Waals surface area (Å²) in [6.07, 6.45) is 4.38. The van der Waals surface area contributed by atoms with Gasteiger partial charge in [-0.3, -0.25) is 4.57 Å². The summed E-state index contributed by atoms with van der Waals surface area (Å²) in [5, 5.41) is 0. The summed E-state index contributed by atoms with van der Waals surface area (Å²) >= 11 is 0. The van der Waals surface area contributed by atoms with Crippen molar-refractivity contribution < 1.29 is 0 Å². The number of nitrogen functional groups attached to an aromatic ring is 1. The highest BCUT2D eigenvalue weighted by Crippen LogP contribution is 2.53. The van der Waals surface area contributed by atoms with Gasteiger partial charge in [-0.15, -0.1) is 0 Å². The molecular weight excluding hydrogens is 212 g/mol. The Bertz CT molecular complexity index is 552. The Labute approximate surface area is 101 Å². The lowest BCUT2D eigenvalue weighted by Crippen LogP contribution is -2.19. The van der Waals surface area contributed by atoms with Gasteiger partial charge in [0.2, 0.25) is 5.95 Å². The van der Waals surface area contributed by atoms with Gasteiger partial charge in [-0.05, 0) is 36.3 Å². The van der Waals surface area contributed by atoms with Gasteiger partial charge in [-0.1, -0.05) is 13.8 Å². The van der Waals surface area contributed by atoms with E-state index in [0.717, 1.165) is 17.7 Å². The van der Waals surface area contributed by atoms with Gasteiger partial charge in [-0.25, -0.2) is 9.97 Å². The Morgan fingerprint density at radius 1 is 1.47 bits per heavy atom. The SMILES string of the molecule is CC(C)C1(Cn2c(N)nc3cccnc32)CC1. The van der Waals surface area contributed by atoms with Crippen LogP contribution < -0.4 is 5.73 Å². The van der Waals surface area contributed by atoms with E-state index in [4.69, 9.17) is 5.73 Å². The first-order valence-electron chi connectivity index (χ1n) is 6.19. The highest BCUT2D eigenvalue weighted by Gasteiger charge is 2.46. The number of imidazole rings is 1. The fourth-order valence-electron chi connectivity index (χ4n) is 2.53. The smallest absolute Gasteiger partial charge is 0.202 e. The number of fused-ring (bicyclic) bond motifs is 1. The van der Waals surface area contributed by atoms with Crippen LogP contribution in [-0.2, 0) is 6.54 Å². The van der Waals surface area contributed by atoms with E-state index in [-0.39, 0.29) is 0 Å². The quantitative estimate of drug-likeness (QED) is 0.881. The standard InChI is InChI=1S/C13H18N4/c1-9(2)13(5-6-13)8-17-11-10(16-12(17)14)4-3-7-15-11/h3-4,7,9H,5-6,8H2,1-2H3,(H2,14,16). The number of nitrogens with two attached hydrogens (primary N) is 1. The molecule has 0 radical (unpaired) electrons. The minimum absolute atomic E-state index is 0.416. The Kier molecular flexibility index (Phi) is 2.15. The van der Waals surface area contributed by atoms with E-state index >= 15 is 0 Å². The largest absolute Gasteiger partial charge is 0.369 e. The van der Waals surface area contributed by atoms with Crippen LogP contribution in [-0.4, -0.2) is 14.5 Å². The second-order valence-electron chi connectivity index (χ2n) is 5.42. The Morgan fingerprint density at radius 2 is 2.24 bits per heavy atom. The van der Waals surface area contributed by atoms with Crippen LogP contribution in [0.15, 0.2) is 18.3 Å². The van der Waals surface area contributed by atoms with E-state index in [2.05, 4.69) is 28.4 Å². The monoisotopic (exact) mass is 230 g/mol. The van der Waals surface area contributed by atoms with Crippen LogP contribution in [0.2, 0.25) is 0 Å². The lowest BCUT2D eigenvalue weighted by Gasteiger charge is -2.20. The van der Waals surface area contributed by atoms with Crippen molar-refractivity contribution in [1.29, 1.82) is 0 Å². The number of nitrogens with zero attached hydrogens (tertiary/aromatic N) is 3. The molecule has 0 unspecified atom stereocenters. The van der Waals surface area contributed by atoms with Gasteiger partial charge in [-0.2, -0.15) is 0 Å². The third-order valence-electron chi connectivity index (χ3n) is 4.12. The molecule has 1 aliphatic carbocycles. The zero-order valence-electron chi connectivity index (χ0n) is 10.3. The van der Waals surface area contributed by atoms with E-state index in [9.17, 15) is 0 Å². The fraction of sp³-hybridized carbons (Fsp3) is 0.538. The Balaban J connectivity index is 2.03. The van der Waals surface area contributed by atoms with Crippen molar-refractivity contribution in [3.05, 3.63) is 18.3 Å². The number of hydrogen-bond acceptors (Lipinski definition) is 3. The maximum Gasteiger partial charge on any atom is 0.202 e. The summed E-state index contributed by atoms with van der Waals surface area (Å²) in [6, 6.07) is 3.86. The zero-order valence-corrected chi connectivity index (χ0v) is 10.3. The molecule has 2 N–H and O–H groups in total. The van der Waals surface area contributed by atoms with Crippen molar-refractivity contribution in [2.45, 2.75) is 33.2 Å². The molecule has 3 rings (SSSR count). The van der Waals surface area contributed by atoms with Gasteiger partial charge in [0, 0.05) is 12.7 Å². The van der Waals surface area contributed by atoms with Crippen LogP contribution in [0.1, 0.15) is 26.7 Å². The highest BCUT2D eigenvalue weighted by molar-refractivity contribution is 5.73. The predicted molar refractivity (Wildman–Crippen MR) is 68.4 cm³/mol. The minimum Gasteiger partial charge on any atom is -0.369 e. The van der Waals surface area contributed by atoms with E-state index in [1.54, 1.807) is 6.20 Å². The van der Waals surface area contributed by atoms with Crippen LogP contribution in [0.4, 0.5) is 5.95 Å². The molecule has 2 heterocycles. The van der Waals surface area contributed by atoms with Crippen LogP contribution in [0.5, 0.6) is 0 Å². The summed E-state index contributed by atoms with van der Waals surface area (Å²) in [5.74, 6) is 1.27. The topological polar surface area (TPSA) is 56.7 Å². The van der Waals surface area contributed by atoms with Crippen molar-refractivity contribution in [1.82, 2.24) is 14.5 Å². The van der Waals surface area contributed by atoms with Crippen molar-refractivity contribution >= 4 is 17.1 Å². The Morgan fingerprint density at radius 3 is 2.88 bits per heavy atom. The molecule has 1 aliphatic rings. The molecule has 0 atom stereocenters. The van der Waals surface area contributed by atoms with Crippen LogP contribution in [0, 0.1) is 11.3 Å². The molecule has 90 valence electrons. The van der Waals surface area contributed by atoms with Crippen LogP contribution in [0.25, 0.3) is 11.2 Å². The van der Waals surface area contributed by atoms with Crippen molar-refractivity contribution in [3.8, 4) is 0 Å². The molecule has 4 nitrogen and oxygen atoms in total. The number of hydrogen-bond donors (Lipinski definition) is 1. The van der Waals surface area contributed by atoms with Gasteiger partial charge in [0.1, 0.15) is 5.52 Å². The lowest BCUT2D eigenvalue weighted by molar-refractivity contribution is 0.313. The molecule has 1 saturated carbocycles. The summed E-state index contributed by atoms with van der Waals surface area (Å²) in [6.45, 7) is 5.52. The summed E-state index contributed by atoms with van der Waals surface area (Å²) in [4.78, 5) is 8.76. The van der Waals surface area contributed by atoms with Crippen molar-refractivity contribution in [3.63, 3.8) is 0 Å². The van der Waals surface area contributed by atoms with Crippen LogP contribution in [0.3, 0.4) is 0 Å². The van der Waals surface area contributed by atoms with Gasteiger partial charge in [0.05, 0.1) is 0 Å². The van der Waals surface area contributed by atoms with Gasteiger partial charge in [0.25, 0.3) is 0 Å². The second-order valence-corrected chi connectivity index (χ2v) is 5.42. The fourth-order valence-corrected chi connectivity index (χ4v) is 2.53. The first-order chi connectivity index (χ1) is 8.12. The number of pyridine rings is 1. The molecule has 0 aromatic carbocycles. The van der Waals surface area contributed by atoms with E-state index < -0.39 is 0 Å². The molecule has 1 fully saturated rings. The highest BCUT2D eigenvalue weighted by atomic mass is 15.2. The molecule has 2 aromatic rings. The molecule has 0 bridgehead atoms. The summed E-state index contributed by atoms with van der Waals surface area (Å²) < 4.78 is 2.07. The average molecular weight is 230 g/mol. The minimum atomic E-state index is 0.416. The van der Waals surface area contributed by atoms with Crippen molar-refractivity contribution in [2.24, 2.45) is 11.3 Å². The average Bonchev–Trinajstić information content (AvgIpc) is 3.01. The molecule has 0 spiro atoms. The van der Waals surface area contributed by atoms with Crippen molar-refractivity contribution in [2.75, 3.05) is 5.73 Å². The Hall–Kier alpha value is -1.58. The second kappa shape index (κ2) is 3.45. The maximum atomic E-state index is 6.00. The number of aromatic nitrogens is 3. The molecular formula is C13H18N4. The molecule has 0 aliphatic heterocycles. The normalized spacial score (nSPS) is 17.8. The van der Waals surface area contributed by atoms with E-state index in [1.165, 1.54) is 12.8 Å². The molecule has 0 amide bonds. The van der Waals surface area contributed by atoms with Gasteiger partial charge in [0.15, 0.2) is 5.65 Å². The van der Waals surface area contributed by atoms with E-state index in [1.807, 2.05) is 12.1 Å². The van der Waals surface area contributed by atoms with Gasteiger partial charge >= 0.3 is 0 Å². The molecule has 0 saturated heterocycles. The lowest BCUT2D eigenvalue weighted by atomic mass is 9.92. The third-order valence-corrected chi connectivity index (χ3v) is 4.12. The maximum absolute atomic E-state index is 6.00. The first-order valence-corrected chi connectivity index (χ1v) is 6.19. The predicted octanol–water partition coefficient (Wildman–Crippen LogP) is 2.45. The number of rotatable bonds is 3. The summed E-state index contributed by atoms with van der Waals surface area (Å²) in [5.41, 5.74) is 8.22. The molecule has 17 heavy (non-hydrogen) atoms. The van der Waals surface area contributed by atoms with Gasteiger partial charge < -0.3 is 5.73 Å². The molecule has 4 heteroatoms. The van der Waals surface area contributed by atoms with Crippen LogP contribution >= 0.6 is 0 Å². The summed E-state index contributed by atoms with van der Waals surface area (Å²) in [7, 11) is 0. The molecule has 2 aromatic heterocycles. The zero-order chi connectivity index (χ0) is 12.0. The van der Waals surface area contributed by atoms with E-state index in [0.29, 0.717) is 17.3 Å². The number of anilines is 1. The third kappa shape index (κ3) is 1.59. The first kappa shape index (κ1) is 10.6.